The van der Waals surface area contributed by atoms with E-state index in [9.17, 15) is 24.0 Å². The minimum atomic E-state index is -1.04. The number of ketones is 1. The van der Waals surface area contributed by atoms with Crippen LogP contribution in [0, 0.1) is 0 Å². The lowest BCUT2D eigenvalue weighted by Gasteiger charge is -2.42. The van der Waals surface area contributed by atoms with Crippen LogP contribution < -0.4 is 10.6 Å². The average Bonchev–Trinajstić information content (AvgIpc) is 3.46. The number of Topliss-reactive ketones (excluding diaryl/α,β-unsaturated/α-hetero) is 1. The monoisotopic (exact) mass is 625 g/mol. The normalized spacial score (nSPS) is 18.6. The molecule has 0 bridgehead atoms. The summed E-state index contributed by atoms with van der Waals surface area (Å²) in [5.41, 5.74) is 1.37. The molecule has 2 N–H and O–H groups in total. The Morgan fingerprint density at radius 2 is 1.74 bits per heavy atom. The van der Waals surface area contributed by atoms with E-state index in [1.165, 1.54) is 11.2 Å². The largest absolute Gasteiger partial charge is 0.434 e. The summed E-state index contributed by atoms with van der Waals surface area (Å²) in [7, 11) is 0. The smallest absolute Gasteiger partial charge is 0.265 e. The molecule has 0 spiro atoms. The van der Waals surface area contributed by atoms with Crippen LogP contribution in [-0.2, 0) is 25.6 Å². The van der Waals surface area contributed by atoms with E-state index in [4.69, 9.17) is 27.6 Å². The van der Waals surface area contributed by atoms with Crippen molar-refractivity contribution in [3.8, 4) is 11.3 Å². The lowest BCUT2D eigenvalue weighted by molar-refractivity contribution is -0.176. The first-order chi connectivity index (χ1) is 20.7. The van der Waals surface area contributed by atoms with E-state index in [0.717, 1.165) is 10.6 Å². The van der Waals surface area contributed by atoms with Crippen molar-refractivity contribution in [2.75, 3.05) is 13.1 Å². The molecule has 0 unspecified atom stereocenters. The molecule has 3 heterocycles. The third-order valence-corrected chi connectivity index (χ3v) is 7.99. The van der Waals surface area contributed by atoms with Gasteiger partial charge in [-0.05, 0) is 43.4 Å². The molecule has 0 aliphatic carbocycles. The summed E-state index contributed by atoms with van der Waals surface area (Å²) in [5, 5.41) is 8.36. The Morgan fingerprint density at radius 3 is 2.49 bits per heavy atom. The lowest BCUT2D eigenvalue weighted by Crippen LogP contribution is -2.63. The maximum Gasteiger partial charge on any atom is 0.265 e. The Labute approximate surface area is 257 Å². The third kappa shape index (κ3) is 6.89. The van der Waals surface area contributed by atoms with Crippen molar-refractivity contribution in [1.29, 1.82) is 0 Å². The molecule has 2 saturated heterocycles. The fourth-order valence-electron chi connectivity index (χ4n) is 5.19. The molecule has 2 aromatic carbocycles. The molecule has 4 amide bonds. The summed E-state index contributed by atoms with van der Waals surface area (Å²) in [6.07, 6.45) is 2.91. The number of hydrogen-bond donors (Lipinski definition) is 2. The second-order valence-electron chi connectivity index (χ2n) is 10.3. The highest BCUT2D eigenvalue weighted by Gasteiger charge is 2.44. The van der Waals surface area contributed by atoms with Crippen LogP contribution in [0.1, 0.15) is 48.4 Å². The van der Waals surface area contributed by atoms with Gasteiger partial charge in [-0.3, -0.25) is 29.0 Å². The third-order valence-electron chi connectivity index (χ3n) is 7.36. The van der Waals surface area contributed by atoms with E-state index in [0.29, 0.717) is 28.5 Å². The van der Waals surface area contributed by atoms with Gasteiger partial charge in [0.2, 0.25) is 23.5 Å². The standard InChI is InChI=1S/C30H29Cl2N5O6/c31-19-8-4-9-20(32)27(19)24-17-34-29(43-24)23(38)16-33-28(41)22-10-5-15-36-26(40)14-12-21(30(42)37(22)36)35-25(39)13-11-18-6-2-1-3-7-18/h1-4,6-9,17,21-22H,5,10-16H2,(H,33,41)(H,35,39)/t21-,22-/m0/s1. The molecule has 2 atom stereocenters. The number of hydrazine groups is 1. The molecule has 1 aromatic heterocycles. The van der Waals surface area contributed by atoms with E-state index in [-0.39, 0.29) is 55.7 Å². The molecule has 2 fully saturated rings. The molecule has 0 saturated carbocycles. The van der Waals surface area contributed by atoms with Crippen molar-refractivity contribution in [2.24, 2.45) is 0 Å². The summed E-state index contributed by atoms with van der Waals surface area (Å²) >= 11 is 12.4. The number of aryl methyl sites for hydroxylation is 1. The fourth-order valence-corrected chi connectivity index (χ4v) is 5.77. The predicted octanol–water partition coefficient (Wildman–Crippen LogP) is 3.59. The summed E-state index contributed by atoms with van der Waals surface area (Å²) in [6.45, 7) is -0.188. The highest BCUT2D eigenvalue weighted by molar-refractivity contribution is 6.39. The van der Waals surface area contributed by atoms with Crippen LogP contribution in [0.3, 0.4) is 0 Å². The zero-order valence-electron chi connectivity index (χ0n) is 23.1. The van der Waals surface area contributed by atoms with Crippen LogP contribution >= 0.6 is 23.2 Å². The van der Waals surface area contributed by atoms with Gasteiger partial charge < -0.3 is 15.1 Å². The highest BCUT2D eigenvalue weighted by Crippen LogP contribution is 2.35. The zero-order valence-corrected chi connectivity index (χ0v) is 24.6. The predicted molar refractivity (Wildman–Crippen MR) is 157 cm³/mol. The van der Waals surface area contributed by atoms with Gasteiger partial charge in [-0.1, -0.05) is 59.6 Å². The lowest BCUT2D eigenvalue weighted by atomic mass is 10.1. The number of hydrogen-bond acceptors (Lipinski definition) is 7. The minimum Gasteiger partial charge on any atom is -0.434 e. The minimum absolute atomic E-state index is 0.0423. The van der Waals surface area contributed by atoms with E-state index >= 15 is 0 Å². The Balaban J connectivity index is 1.23. The van der Waals surface area contributed by atoms with E-state index in [1.807, 2.05) is 30.3 Å². The van der Waals surface area contributed by atoms with Gasteiger partial charge in [-0.25, -0.2) is 9.99 Å². The highest BCUT2D eigenvalue weighted by atomic mass is 35.5. The SMILES string of the molecule is O=C(CCc1ccccc1)N[C@H]1CCC(=O)N2CCC[C@@H](C(=O)NCC(=O)c3ncc(-c4c(Cl)cccc4Cl)o3)N2C1=O. The molecule has 0 radical (unpaired) electrons. The van der Waals surface area contributed by atoms with E-state index in [2.05, 4.69) is 15.6 Å². The van der Waals surface area contributed by atoms with Crippen LogP contribution in [0.4, 0.5) is 0 Å². The van der Waals surface area contributed by atoms with Crippen molar-refractivity contribution in [3.63, 3.8) is 0 Å². The average molecular weight is 626 g/mol. The number of oxazole rings is 1. The van der Waals surface area contributed by atoms with Gasteiger partial charge in [0.1, 0.15) is 12.1 Å². The van der Waals surface area contributed by atoms with Gasteiger partial charge in [0.15, 0.2) is 5.76 Å². The quantitative estimate of drug-likeness (QED) is 0.346. The fraction of sp³-hybridized carbons (Fsp3) is 0.333. The van der Waals surface area contributed by atoms with E-state index < -0.39 is 36.2 Å². The Morgan fingerprint density at radius 1 is 1.00 bits per heavy atom. The molecule has 3 aromatic rings. The van der Waals surface area contributed by atoms with Gasteiger partial charge in [-0.2, -0.15) is 0 Å². The number of benzene rings is 2. The van der Waals surface area contributed by atoms with Gasteiger partial charge in [0.25, 0.3) is 11.8 Å². The second-order valence-corrected chi connectivity index (χ2v) is 11.1. The van der Waals surface area contributed by atoms with Crippen LogP contribution in [0.2, 0.25) is 10.0 Å². The number of aromatic nitrogens is 1. The molecule has 11 nitrogen and oxygen atoms in total. The maximum atomic E-state index is 13.6. The second kappa shape index (κ2) is 13.4. The van der Waals surface area contributed by atoms with Crippen molar-refractivity contribution >= 4 is 52.6 Å². The van der Waals surface area contributed by atoms with Crippen LogP contribution in [0.5, 0.6) is 0 Å². The molecule has 5 rings (SSSR count). The maximum absolute atomic E-state index is 13.6. The van der Waals surface area contributed by atoms with Crippen LogP contribution in [0.15, 0.2) is 59.1 Å². The van der Waals surface area contributed by atoms with Gasteiger partial charge in [0.05, 0.1) is 28.4 Å². The Hall–Kier alpha value is -4.22. The molecule has 2 aliphatic rings. The van der Waals surface area contributed by atoms with Crippen molar-refractivity contribution in [2.45, 2.75) is 50.6 Å². The first kappa shape index (κ1) is 30.2. The summed E-state index contributed by atoms with van der Waals surface area (Å²) in [6, 6.07) is 12.4. The first-order valence-corrected chi connectivity index (χ1v) is 14.7. The van der Waals surface area contributed by atoms with Crippen molar-refractivity contribution < 1.29 is 28.4 Å². The number of carbonyl (C=O) groups is 5. The Kier molecular flexibility index (Phi) is 9.42. The first-order valence-electron chi connectivity index (χ1n) is 13.9. The van der Waals surface area contributed by atoms with Gasteiger partial charge in [0, 0.05) is 19.4 Å². The zero-order chi connectivity index (χ0) is 30.5. The van der Waals surface area contributed by atoms with Crippen molar-refractivity contribution in [3.05, 3.63) is 76.2 Å². The molecule has 13 heteroatoms. The summed E-state index contributed by atoms with van der Waals surface area (Å²) in [4.78, 5) is 69.3. The number of halogens is 2. The topological polar surface area (TPSA) is 142 Å². The number of carbonyl (C=O) groups excluding carboxylic acids is 5. The molecule has 2 aliphatic heterocycles. The summed E-state index contributed by atoms with van der Waals surface area (Å²) in [5.74, 6) is -2.47. The number of nitrogens with zero attached hydrogens (tertiary/aromatic N) is 3. The van der Waals surface area contributed by atoms with Crippen molar-refractivity contribution in [1.82, 2.24) is 25.6 Å². The van der Waals surface area contributed by atoms with Crippen LogP contribution in [0.25, 0.3) is 11.3 Å². The van der Waals surface area contributed by atoms with E-state index in [1.54, 1.807) is 18.2 Å². The number of fused-ring (bicyclic) bond motifs is 1. The number of amides is 4. The van der Waals surface area contributed by atoms with Crippen LogP contribution in [-0.4, -0.2) is 69.6 Å². The van der Waals surface area contributed by atoms with Gasteiger partial charge >= 0.3 is 0 Å². The van der Waals surface area contributed by atoms with Gasteiger partial charge in [-0.15, -0.1) is 0 Å². The number of nitrogens with one attached hydrogen (secondary N) is 2. The molecule has 224 valence electrons. The Bertz CT molecular complexity index is 1520. The molecule has 43 heavy (non-hydrogen) atoms. The molecular weight excluding hydrogens is 597 g/mol. The summed E-state index contributed by atoms with van der Waals surface area (Å²) < 4.78 is 5.57. The molecular formula is C30H29Cl2N5O6. The number of rotatable bonds is 9.